The maximum absolute atomic E-state index is 12.5. The van der Waals surface area contributed by atoms with Crippen molar-refractivity contribution in [2.45, 2.75) is 20.0 Å². The maximum atomic E-state index is 12.5. The normalized spacial score (nSPS) is 17.6. The molecule has 1 N–H and O–H groups in total. The number of anilines is 1. The fourth-order valence-corrected chi connectivity index (χ4v) is 2.82. The van der Waals surface area contributed by atoms with Crippen molar-refractivity contribution < 1.29 is 9.53 Å². The van der Waals surface area contributed by atoms with Gasteiger partial charge in [-0.25, -0.2) is 9.97 Å². The van der Waals surface area contributed by atoms with Crippen molar-refractivity contribution in [2.75, 3.05) is 31.6 Å². The van der Waals surface area contributed by atoms with Crippen molar-refractivity contribution in [3.63, 3.8) is 0 Å². The molecule has 0 bridgehead atoms. The van der Waals surface area contributed by atoms with Crippen LogP contribution in [-0.2, 0) is 9.53 Å². The van der Waals surface area contributed by atoms with Gasteiger partial charge in [0, 0.05) is 17.9 Å². The molecule has 1 atom stereocenters. The molecule has 6 heteroatoms. The molecule has 3 rings (SSSR count). The largest absolute Gasteiger partial charge is 0.370 e. The predicted octanol–water partition coefficient (Wildman–Crippen LogP) is 2.11. The number of hydrogen-bond acceptors (Lipinski definition) is 5. The quantitative estimate of drug-likeness (QED) is 0.932. The van der Waals surface area contributed by atoms with Gasteiger partial charge in [-0.3, -0.25) is 4.79 Å². The van der Waals surface area contributed by atoms with Gasteiger partial charge in [0.1, 0.15) is 6.10 Å². The Bertz CT molecular complexity index is 685. The van der Waals surface area contributed by atoms with Gasteiger partial charge in [0.15, 0.2) is 0 Å². The highest BCUT2D eigenvalue weighted by Gasteiger charge is 2.25. The van der Waals surface area contributed by atoms with Crippen LogP contribution in [0.4, 0.5) is 5.95 Å². The summed E-state index contributed by atoms with van der Waals surface area (Å²) in [5.41, 5.74) is 2.86. The molecule has 1 aromatic carbocycles. The molecule has 0 aliphatic carbocycles. The van der Waals surface area contributed by atoms with Gasteiger partial charge in [-0.05, 0) is 25.5 Å². The molecule has 24 heavy (non-hydrogen) atoms. The first kappa shape index (κ1) is 16.4. The fraction of sp³-hybridized carbons (Fsp3) is 0.389. The van der Waals surface area contributed by atoms with Crippen LogP contribution < -0.4 is 5.32 Å². The first-order valence-electron chi connectivity index (χ1n) is 8.12. The van der Waals surface area contributed by atoms with E-state index < -0.39 is 0 Å². The van der Waals surface area contributed by atoms with Crippen LogP contribution in [0.25, 0.3) is 0 Å². The standard InChI is InChI=1S/C18H22N4O2/c1-13-10-14(2)21-18(20-13)19-11-17(23)22-8-9-24-16(12-22)15-6-4-3-5-7-15/h3-7,10,16H,8-9,11-12H2,1-2H3,(H,19,20,21)/t16-/m0/s1. The summed E-state index contributed by atoms with van der Waals surface area (Å²) in [5.74, 6) is 0.524. The van der Waals surface area contributed by atoms with Crippen molar-refractivity contribution in [3.05, 3.63) is 53.3 Å². The second kappa shape index (κ2) is 7.40. The zero-order chi connectivity index (χ0) is 16.9. The molecule has 1 saturated heterocycles. The van der Waals surface area contributed by atoms with Gasteiger partial charge < -0.3 is 15.0 Å². The van der Waals surface area contributed by atoms with Gasteiger partial charge in [-0.15, -0.1) is 0 Å². The molecule has 1 aromatic heterocycles. The predicted molar refractivity (Wildman–Crippen MR) is 91.7 cm³/mol. The molecular weight excluding hydrogens is 304 g/mol. The summed E-state index contributed by atoms with van der Waals surface area (Å²) in [6.07, 6.45) is -0.0682. The molecule has 2 heterocycles. The van der Waals surface area contributed by atoms with E-state index in [4.69, 9.17) is 4.74 Å². The Hall–Kier alpha value is -2.47. The zero-order valence-electron chi connectivity index (χ0n) is 14.0. The summed E-state index contributed by atoms with van der Waals surface area (Å²) < 4.78 is 5.80. The number of ether oxygens (including phenoxy) is 1. The molecule has 1 amide bonds. The van der Waals surface area contributed by atoms with Crippen LogP contribution in [0, 0.1) is 13.8 Å². The van der Waals surface area contributed by atoms with Crippen molar-refractivity contribution in [1.29, 1.82) is 0 Å². The summed E-state index contributed by atoms with van der Waals surface area (Å²) >= 11 is 0. The lowest BCUT2D eigenvalue weighted by molar-refractivity contribution is -0.137. The Labute approximate surface area is 141 Å². The number of amides is 1. The van der Waals surface area contributed by atoms with Crippen LogP contribution in [-0.4, -0.2) is 47.0 Å². The van der Waals surface area contributed by atoms with Crippen molar-refractivity contribution in [2.24, 2.45) is 0 Å². The third-order valence-corrected chi connectivity index (χ3v) is 3.97. The van der Waals surface area contributed by atoms with Crippen LogP contribution in [0.1, 0.15) is 23.1 Å². The van der Waals surface area contributed by atoms with Gasteiger partial charge in [-0.1, -0.05) is 30.3 Å². The van der Waals surface area contributed by atoms with Gasteiger partial charge in [0.25, 0.3) is 0 Å². The molecule has 0 spiro atoms. The molecule has 0 radical (unpaired) electrons. The summed E-state index contributed by atoms with van der Waals surface area (Å²) in [6.45, 7) is 5.73. The highest BCUT2D eigenvalue weighted by molar-refractivity contribution is 5.80. The van der Waals surface area contributed by atoms with Crippen LogP contribution in [0.3, 0.4) is 0 Å². The Kier molecular flexibility index (Phi) is 5.05. The van der Waals surface area contributed by atoms with Gasteiger partial charge >= 0.3 is 0 Å². The number of rotatable bonds is 4. The molecule has 0 unspecified atom stereocenters. The number of nitrogens with one attached hydrogen (secondary N) is 1. The van der Waals surface area contributed by atoms with Gasteiger partial charge in [0.05, 0.1) is 19.7 Å². The molecule has 1 aliphatic rings. The second-order valence-electron chi connectivity index (χ2n) is 5.94. The zero-order valence-corrected chi connectivity index (χ0v) is 14.0. The summed E-state index contributed by atoms with van der Waals surface area (Å²) in [6, 6.07) is 11.9. The Morgan fingerprint density at radius 1 is 1.25 bits per heavy atom. The number of carbonyl (C=O) groups excluding carboxylic acids is 1. The van der Waals surface area contributed by atoms with E-state index in [0.717, 1.165) is 17.0 Å². The SMILES string of the molecule is Cc1cc(C)nc(NCC(=O)N2CCO[C@H](c3ccccc3)C2)n1. The van der Waals surface area contributed by atoms with Gasteiger partial charge in [0.2, 0.25) is 11.9 Å². The number of benzene rings is 1. The van der Waals surface area contributed by atoms with E-state index in [0.29, 0.717) is 25.6 Å². The fourth-order valence-electron chi connectivity index (χ4n) is 2.82. The number of carbonyl (C=O) groups is 1. The molecular formula is C18H22N4O2. The summed E-state index contributed by atoms with van der Waals surface area (Å²) in [5, 5.41) is 3.02. The summed E-state index contributed by atoms with van der Waals surface area (Å²) in [7, 11) is 0. The topological polar surface area (TPSA) is 67.4 Å². The van der Waals surface area contributed by atoms with E-state index >= 15 is 0 Å². The monoisotopic (exact) mass is 326 g/mol. The minimum Gasteiger partial charge on any atom is -0.370 e. The molecule has 126 valence electrons. The highest BCUT2D eigenvalue weighted by Crippen LogP contribution is 2.21. The van der Waals surface area contributed by atoms with E-state index in [1.165, 1.54) is 0 Å². The maximum Gasteiger partial charge on any atom is 0.242 e. The molecule has 2 aromatic rings. The number of aryl methyl sites for hydroxylation is 2. The number of morpholine rings is 1. The van der Waals surface area contributed by atoms with E-state index in [-0.39, 0.29) is 18.6 Å². The van der Waals surface area contributed by atoms with Crippen molar-refractivity contribution >= 4 is 11.9 Å². The minimum atomic E-state index is -0.0682. The van der Waals surface area contributed by atoms with Crippen molar-refractivity contribution in [1.82, 2.24) is 14.9 Å². The van der Waals surface area contributed by atoms with Crippen LogP contribution >= 0.6 is 0 Å². The van der Waals surface area contributed by atoms with E-state index in [2.05, 4.69) is 15.3 Å². The van der Waals surface area contributed by atoms with Crippen LogP contribution in [0.15, 0.2) is 36.4 Å². The van der Waals surface area contributed by atoms with E-state index in [1.807, 2.05) is 55.1 Å². The van der Waals surface area contributed by atoms with Crippen LogP contribution in [0.2, 0.25) is 0 Å². The third-order valence-electron chi connectivity index (χ3n) is 3.97. The first-order valence-corrected chi connectivity index (χ1v) is 8.12. The van der Waals surface area contributed by atoms with E-state index in [9.17, 15) is 4.79 Å². The molecule has 0 saturated carbocycles. The van der Waals surface area contributed by atoms with Crippen LogP contribution in [0.5, 0.6) is 0 Å². The third kappa shape index (κ3) is 4.08. The first-order chi connectivity index (χ1) is 11.6. The Morgan fingerprint density at radius 2 is 1.96 bits per heavy atom. The highest BCUT2D eigenvalue weighted by atomic mass is 16.5. The average molecular weight is 326 g/mol. The lowest BCUT2D eigenvalue weighted by Crippen LogP contribution is -2.44. The molecule has 1 fully saturated rings. The number of hydrogen-bond donors (Lipinski definition) is 1. The molecule has 1 aliphatic heterocycles. The molecule has 6 nitrogen and oxygen atoms in total. The lowest BCUT2D eigenvalue weighted by Gasteiger charge is -2.33. The second-order valence-corrected chi connectivity index (χ2v) is 5.94. The Morgan fingerprint density at radius 3 is 2.67 bits per heavy atom. The number of nitrogens with zero attached hydrogens (tertiary/aromatic N) is 3. The Balaban J connectivity index is 1.58. The van der Waals surface area contributed by atoms with Crippen molar-refractivity contribution in [3.8, 4) is 0 Å². The lowest BCUT2D eigenvalue weighted by atomic mass is 10.1. The smallest absolute Gasteiger partial charge is 0.242 e. The minimum absolute atomic E-state index is 0.0296. The van der Waals surface area contributed by atoms with Gasteiger partial charge in [-0.2, -0.15) is 0 Å². The average Bonchev–Trinajstić information content (AvgIpc) is 2.60. The summed E-state index contributed by atoms with van der Waals surface area (Å²) in [4.78, 5) is 22.9. The van der Waals surface area contributed by atoms with E-state index in [1.54, 1.807) is 0 Å². The number of aromatic nitrogens is 2.